The number of rotatable bonds is 0. The largest absolute Gasteiger partial charge is 0.392 e. The molecule has 4 aliphatic rings. The Labute approximate surface area is 143 Å². The van der Waals surface area contributed by atoms with Crippen molar-refractivity contribution in [2.24, 2.45) is 28.6 Å². The molecule has 3 N–H and O–H groups in total. The highest BCUT2D eigenvalue weighted by atomic mass is 16.3. The highest BCUT2D eigenvalue weighted by Gasteiger charge is 2.69. The van der Waals surface area contributed by atoms with E-state index in [4.69, 9.17) is 0 Å². The van der Waals surface area contributed by atoms with Gasteiger partial charge in [0.15, 0.2) is 0 Å². The summed E-state index contributed by atoms with van der Waals surface area (Å²) in [6.07, 6.45) is 2.85. The fraction of sp³-hybridized carbons (Fsp3) is 0.750. The van der Waals surface area contributed by atoms with Gasteiger partial charge >= 0.3 is 0 Å². The molecular weight excluding hydrogens is 304 g/mol. The summed E-state index contributed by atoms with van der Waals surface area (Å²) in [5.74, 6) is -0.295. The van der Waals surface area contributed by atoms with Crippen LogP contribution in [0.15, 0.2) is 23.8 Å². The van der Waals surface area contributed by atoms with E-state index in [1.54, 1.807) is 13.8 Å². The molecule has 1 spiro atoms. The van der Waals surface area contributed by atoms with E-state index >= 15 is 0 Å². The lowest BCUT2D eigenvalue weighted by Crippen LogP contribution is -2.56. The number of Topliss-reactive ketones (excluding diaryl/α,β-unsaturated/α-hetero) is 1. The molecule has 0 aromatic heterocycles. The van der Waals surface area contributed by atoms with E-state index in [1.807, 2.05) is 6.92 Å². The first kappa shape index (κ1) is 16.5. The lowest BCUT2D eigenvalue weighted by atomic mass is 9.61. The summed E-state index contributed by atoms with van der Waals surface area (Å²) in [7, 11) is 0. The monoisotopic (exact) mass is 332 g/mol. The molecule has 0 aromatic carbocycles. The Morgan fingerprint density at radius 1 is 1.21 bits per heavy atom. The van der Waals surface area contributed by atoms with Crippen LogP contribution in [0.5, 0.6) is 0 Å². The maximum Gasteiger partial charge on any atom is 0.142 e. The van der Waals surface area contributed by atoms with Crippen molar-refractivity contribution >= 4 is 5.78 Å². The summed E-state index contributed by atoms with van der Waals surface area (Å²) in [4.78, 5) is 12.5. The third-order valence-electron chi connectivity index (χ3n) is 8.00. The lowest BCUT2D eigenvalue weighted by Gasteiger charge is -2.46. The van der Waals surface area contributed by atoms with Gasteiger partial charge in [-0.1, -0.05) is 37.6 Å². The summed E-state index contributed by atoms with van der Waals surface area (Å²) < 4.78 is 0. The summed E-state index contributed by atoms with van der Waals surface area (Å²) in [5, 5.41) is 33.6. The third kappa shape index (κ3) is 1.58. The first-order valence-electron chi connectivity index (χ1n) is 9.07. The molecule has 4 nitrogen and oxygen atoms in total. The van der Waals surface area contributed by atoms with E-state index in [2.05, 4.69) is 12.7 Å². The van der Waals surface area contributed by atoms with E-state index in [0.717, 1.165) is 18.4 Å². The summed E-state index contributed by atoms with van der Waals surface area (Å²) in [5.41, 5.74) is -1.04. The van der Waals surface area contributed by atoms with Crippen LogP contribution in [0.4, 0.5) is 0 Å². The second kappa shape index (κ2) is 4.60. The molecule has 2 bridgehead atoms. The predicted molar refractivity (Wildman–Crippen MR) is 90.0 cm³/mol. The number of hydrogen-bond acceptors (Lipinski definition) is 4. The molecule has 0 unspecified atom stereocenters. The van der Waals surface area contributed by atoms with Crippen molar-refractivity contribution in [2.75, 3.05) is 0 Å². The molecule has 3 saturated carbocycles. The molecule has 0 amide bonds. The molecule has 0 saturated heterocycles. The van der Waals surface area contributed by atoms with Crippen molar-refractivity contribution in [2.45, 2.75) is 64.3 Å². The first-order chi connectivity index (χ1) is 11.1. The maximum absolute atomic E-state index is 12.5. The molecule has 7 atom stereocenters. The highest BCUT2D eigenvalue weighted by molar-refractivity contribution is 5.89. The Bertz CT molecular complexity index is 663. The zero-order chi connectivity index (χ0) is 17.7. The number of fused-ring (bicyclic) bond motifs is 2. The molecule has 4 heteroatoms. The van der Waals surface area contributed by atoms with E-state index in [0.29, 0.717) is 0 Å². The van der Waals surface area contributed by atoms with Gasteiger partial charge in [-0.3, -0.25) is 4.79 Å². The molecule has 0 heterocycles. The van der Waals surface area contributed by atoms with Crippen LogP contribution < -0.4 is 0 Å². The van der Waals surface area contributed by atoms with Crippen LogP contribution in [0.25, 0.3) is 0 Å². The van der Waals surface area contributed by atoms with Gasteiger partial charge in [0.2, 0.25) is 0 Å². The van der Waals surface area contributed by atoms with Gasteiger partial charge in [-0.05, 0) is 32.1 Å². The van der Waals surface area contributed by atoms with Gasteiger partial charge in [0.25, 0.3) is 0 Å². The Morgan fingerprint density at radius 2 is 1.88 bits per heavy atom. The van der Waals surface area contributed by atoms with Crippen molar-refractivity contribution in [1.29, 1.82) is 0 Å². The van der Waals surface area contributed by atoms with Crippen LogP contribution in [0.3, 0.4) is 0 Å². The fourth-order valence-corrected chi connectivity index (χ4v) is 6.45. The van der Waals surface area contributed by atoms with Crippen molar-refractivity contribution < 1.29 is 20.1 Å². The SMILES string of the molecule is C=C1[C@@H]2CC[C@H]3C(C)=C[C@]2(C[C@@H](O)[C@@]2(O)[C@H]1CC(=O)C2(C)C)[C@@H]3O. The lowest BCUT2D eigenvalue weighted by molar-refractivity contribution is -0.165. The van der Waals surface area contributed by atoms with E-state index < -0.39 is 34.6 Å². The molecule has 0 radical (unpaired) electrons. The zero-order valence-electron chi connectivity index (χ0n) is 14.7. The van der Waals surface area contributed by atoms with Gasteiger partial charge in [0.05, 0.1) is 17.6 Å². The molecule has 24 heavy (non-hydrogen) atoms. The van der Waals surface area contributed by atoms with Gasteiger partial charge in [-0.15, -0.1) is 0 Å². The van der Waals surface area contributed by atoms with Crippen LogP contribution in [-0.2, 0) is 4.79 Å². The van der Waals surface area contributed by atoms with Gasteiger partial charge in [0, 0.05) is 23.7 Å². The number of aliphatic hydroxyl groups is 3. The fourth-order valence-electron chi connectivity index (χ4n) is 6.45. The second-order valence-electron chi connectivity index (χ2n) is 9.11. The average Bonchev–Trinajstić information content (AvgIpc) is 2.73. The van der Waals surface area contributed by atoms with E-state index in [9.17, 15) is 20.1 Å². The Balaban J connectivity index is 1.88. The van der Waals surface area contributed by atoms with Crippen LogP contribution in [0, 0.1) is 28.6 Å². The van der Waals surface area contributed by atoms with Crippen molar-refractivity contribution in [1.82, 2.24) is 0 Å². The molecule has 132 valence electrons. The topological polar surface area (TPSA) is 77.8 Å². The Morgan fingerprint density at radius 3 is 2.54 bits per heavy atom. The van der Waals surface area contributed by atoms with Gasteiger partial charge in [-0.25, -0.2) is 0 Å². The number of carbonyl (C=O) groups excluding carboxylic acids is 1. The summed E-state index contributed by atoms with van der Waals surface area (Å²) in [6, 6.07) is 0. The van der Waals surface area contributed by atoms with Crippen LogP contribution in [-0.4, -0.2) is 38.9 Å². The predicted octanol–water partition coefficient (Wildman–Crippen LogP) is 1.99. The molecular formula is C20H28O4. The summed E-state index contributed by atoms with van der Waals surface area (Å²) >= 11 is 0. The van der Waals surface area contributed by atoms with Gasteiger partial charge < -0.3 is 15.3 Å². The van der Waals surface area contributed by atoms with Crippen LogP contribution in [0.1, 0.15) is 46.5 Å². The minimum atomic E-state index is -1.51. The average molecular weight is 332 g/mol. The van der Waals surface area contributed by atoms with E-state index in [-0.39, 0.29) is 30.5 Å². The van der Waals surface area contributed by atoms with Gasteiger partial charge in [0.1, 0.15) is 11.4 Å². The van der Waals surface area contributed by atoms with Crippen LogP contribution >= 0.6 is 0 Å². The molecule has 4 rings (SSSR count). The van der Waals surface area contributed by atoms with E-state index in [1.165, 1.54) is 5.57 Å². The summed E-state index contributed by atoms with van der Waals surface area (Å²) in [6.45, 7) is 9.80. The normalized spacial score (nSPS) is 52.6. The number of carbonyl (C=O) groups is 1. The van der Waals surface area contributed by atoms with Crippen molar-refractivity contribution in [3.63, 3.8) is 0 Å². The molecule has 0 aliphatic heterocycles. The molecule has 0 aromatic rings. The number of hydrogen-bond donors (Lipinski definition) is 3. The Kier molecular flexibility index (Phi) is 3.16. The number of aliphatic hydroxyl groups excluding tert-OH is 2. The molecule has 3 fully saturated rings. The quantitative estimate of drug-likeness (QED) is 0.593. The third-order valence-corrected chi connectivity index (χ3v) is 8.00. The standard InChI is InChI=1S/C20H28O4/c1-10-8-19-9-16(22)20(24)14(7-15(21)18(20,3)4)11(2)13(19)6-5-12(10)17(19)23/h8,12-14,16-17,22-24H,2,5-7,9H2,1,3-4H3/t12-,13-,14-,16+,17+,19+,20-/m0/s1. The number of ketones is 1. The second-order valence-corrected chi connectivity index (χ2v) is 9.11. The van der Waals surface area contributed by atoms with Crippen molar-refractivity contribution in [3.05, 3.63) is 23.8 Å². The van der Waals surface area contributed by atoms with Crippen LogP contribution in [0.2, 0.25) is 0 Å². The minimum absolute atomic E-state index is 0.0107. The zero-order valence-corrected chi connectivity index (χ0v) is 14.7. The van der Waals surface area contributed by atoms with Gasteiger partial charge in [-0.2, -0.15) is 0 Å². The minimum Gasteiger partial charge on any atom is -0.392 e. The Hall–Kier alpha value is -0.970. The maximum atomic E-state index is 12.5. The van der Waals surface area contributed by atoms with Crippen molar-refractivity contribution in [3.8, 4) is 0 Å². The smallest absolute Gasteiger partial charge is 0.142 e. The first-order valence-corrected chi connectivity index (χ1v) is 9.07. The molecule has 4 aliphatic carbocycles. The highest BCUT2D eigenvalue weighted by Crippen LogP contribution is 2.65.